The van der Waals surface area contributed by atoms with Gasteiger partial charge in [-0.3, -0.25) is 4.79 Å². The molecule has 1 aliphatic rings. The van der Waals surface area contributed by atoms with Crippen LogP contribution in [0.2, 0.25) is 0 Å². The van der Waals surface area contributed by atoms with Gasteiger partial charge in [-0.05, 0) is 25.5 Å². The van der Waals surface area contributed by atoms with Gasteiger partial charge in [0.05, 0.1) is 11.7 Å². The Kier molecular flexibility index (Phi) is 3.13. The summed E-state index contributed by atoms with van der Waals surface area (Å²) < 4.78 is 5.60. The number of carbonyl (C=O) groups is 1. The normalized spacial score (nSPS) is 18.9. The second-order valence-corrected chi connectivity index (χ2v) is 4.14. The minimum atomic E-state index is 0.119. The van der Waals surface area contributed by atoms with Crippen molar-refractivity contribution in [2.75, 3.05) is 11.5 Å². The molecule has 0 spiro atoms. The second kappa shape index (κ2) is 4.56. The smallest absolute Gasteiger partial charge is 0.227 e. The topological polar surface area (TPSA) is 29.5 Å². The molecule has 1 aliphatic heterocycles. The lowest BCUT2D eigenvalue weighted by atomic mass is 10.1. The molecule has 0 fully saturated rings. The lowest BCUT2D eigenvalue weighted by Crippen LogP contribution is -2.44. The molecule has 1 aromatic rings. The summed E-state index contributed by atoms with van der Waals surface area (Å²) in [5, 5.41) is 0. The van der Waals surface area contributed by atoms with Crippen molar-refractivity contribution in [3.63, 3.8) is 0 Å². The zero-order chi connectivity index (χ0) is 11.5. The van der Waals surface area contributed by atoms with Gasteiger partial charge in [0.1, 0.15) is 12.4 Å². The molecular weight excluding hydrogens is 202 g/mol. The van der Waals surface area contributed by atoms with Gasteiger partial charge in [-0.1, -0.05) is 19.1 Å². The van der Waals surface area contributed by atoms with Crippen molar-refractivity contribution in [2.45, 2.75) is 32.7 Å². The van der Waals surface area contributed by atoms with E-state index < -0.39 is 0 Å². The van der Waals surface area contributed by atoms with Crippen molar-refractivity contribution in [1.82, 2.24) is 0 Å². The number of benzene rings is 1. The average molecular weight is 219 g/mol. The lowest BCUT2D eigenvalue weighted by molar-refractivity contribution is -0.119. The highest BCUT2D eigenvalue weighted by atomic mass is 16.5. The van der Waals surface area contributed by atoms with Crippen LogP contribution in [-0.2, 0) is 4.79 Å². The Bertz CT molecular complexity index is 389. The molecule has 1 heterocycles. The van der Waals surface area contributed by atoms with Gasteiger partial charge in [0.15, 0.2) is 0 Å². The Balaban J connectivity index is 2.33. The highest BCUT2D eigenvalue weighted by molar-refractivity contribution is 5.95. The molecule has 0 saturated carbocycles. The van der Waals surface area contributed by atoms with Crippen LogP contribution in [-0.4, -0.2) is 18.6 Å². The summed E-state index contributed by atoms with van der Waals surface area (Å²) in [6.07, 6.45) is 1.48. The predicted octanol–water partition coefficient (Wildman–Crippen LogP) is 2.60. The van der Waals surface area contributed by atoms with Crippen LogP contribution in [0.5, 0.6) is 5.75 Å². The highest BCUT2D eigenvalue weighted by Gasteiger charge is 2.28. The Morgan fingerprint density at radius 1 is 1.50 bits per heavy atom. The van der Waals surface area contributed by atoms with E-state index in [4.69, 9.17) is 4.74 Å². The van der Waals surface area contributed by atoms with Crippen molar-refractivity contribution >= 4 is 11.6 Å². The van der Waals surface area contributed by atoms with E-state index in [1.54, 1.807) is 0 Å². The van der Waals surface area contributed by atoms with Gasteiger partial charge < -0.3 is 9.64 Å². The zero-order valence-electron chi connectivity index (χ0n) is 9.77. The first-order valence-corrected chi connectivity index (χ1v) is 5.78. The van der Waals surface area contributed by atoms with Crippen molar-refractivity contribution in [2.24, 2.45) is 0 Å². The number of hydrogen-bond acceptors (Lipinski definition) is 2. The fourth-order valence-electron chi connectivity index (χ4n) is 2.02. The minimum Gasteiger partial charge on any atom is -0.489 e. The van der Waals surface area contributed by atoms with Crippen molar-refractivity contribution < 1.29 is 9.53 Å². The Hall–Kier alpha value is -1.51. The first-order valence-electron chi connectivity index (χ1n) is 5.78. The summed E-state index contributed by atoms with van der Waals surface area (Å²) in [5.41, 5.74) is 0.903. The van der Waals surface area contributed by atoms with Gasteiger partial charge in [-0.25, -0.2) is 0 Å². The van der Waals surface area contributed by atoms with E-state index >= 15 is 0 Å². The number of carbonyl (C=O) groups excluding carboxylic acids is 1. The van der Waals surface area contributed by atoms with Gasteiger partial charge in [0.2, 0.25) is 5.91 Å². The fourth-order valence-corrected chi connectivity index (χ4v) is 2.02. The highest BCUT2D eigenvalue weighted by Crippen LogP contribution is 2.33. The van der Waals surface area contributed by atoms with E-state index in [1.807, 2.05) is 43.0 Å². The molecule has 1 atom stereocenters. The third-order valence-corrected chi connectivity index (χ3v) is 2.78. The number of fused-ring (bicyclic) bond motifs is 1. The lowest BCUT2D eigenvalue weighted by Gasteiger charge is -2.35. The van der Waals surface area contributed by atoms with Crippen LogP contribution in [0.3, 0.4) is 0 Å². The summed E-state index contributed by atoms with van der Waals surface area (Å²) in [5.74, 6) is 0.996. The first-order chi connectivity index (χ1) is 7.74. The van der Waals surface area contributed by atoms with Gasteiger partial charge in [0, 0.05) is 6.42 Å². The van der Waals surface area contributed by atoms with Crippen LogP contribution in [0.15, 0.2) is 24.3 Å². The maximum atomic E-state index is 12.0. The summed E-state index contributed by atoms with van der Waals surface area (Å²) in [7, 11) is 0. The monoisotopic (exact) mass is 219 g/mol. The summed E-state index contributed by atoms with van der Waals surface area (Å²) in [4.78, 5) is 13.9. The molecule has 1 unspecified atom stereocenters. The third kappa shape index (κ3) is 1.90. The van der Waals surface area contributed by atoms with Crippen molar-refractivity contribution in [3.8, 4) is 5.75 Å². The number of anilines is 1. The zero-order valence-corrected chi connectivity index (χ0v) is 9.77. The summed E-state index contributed by atoms with van der Waals surface area (Å²) in [6.45, 7) is 4.62. The molecule has 3 heteroatoms. The van der Waals surface area contributed by atoms with Gasteiger partial charge in [-0.2, -0.15) is 0 Å². The molecule has 0 radical (unpaired) electrons. The standard InChI is InChI=1S/C13H17NO2/c1-3-6-13(15)14-10(2)9-16-12-8-5-4-7-11(12)14/h4-5,7-8,10H,3,6,9H2,1-2H3. The second-order valence-electron chi connectivity index (χ2n) is 4.14. The molecule has 1 aromatic carbocycles. The molecule has 0 bridgehead atoms. The summed E-state index contributed by atoms with van der Waals surface area (Å²) >= 11 is 0. The van der Waals surface area contributed by atoms with Crippen LogP contribution in [0, 0.1) is 0 Å². The molecule has 3 nitrogen and oxygen atoms in total. The molecule has 86 valence electrons. The minimum absolute atomic E-state index is 0.119. The van der Waals surface area contributed by atoms with E-state index in [0.717, 1.165) is 17.9 Å². The van der Waals surface area contributed by atoms with Crippen molar-refractivity contribution in [1.29, 1.82) is 0 Å². The number of nitrogens with zero attached hydrogens (tertiary/aromatic N) is 1. The number of hydrogen-bond donors (Lipinski definition) is 0. The number of rotatable bonds is 2. The third-order valence-electron chi connectivity index (χ3n) is 2.78. The average Bonchev–Trinajstić information content (AvgIpc) is 2.29. The summed E-state index contributed by atoms with van der Waals surface area (Å²) in [6, 6.07) is 7.84. The molecule has 0 aromatic heterocycles. The SMILES string of the molecule is CCCC(=O)N1c2ccccc2OCC1C. The molecule has 0 saturated heterocycles. The van der Waals surface area contributed by atoms with Crippen LogP contribution >= 0.6 is 0 Å². The maximum absolute atomic E-state index is 12.0. The van der Waals surface area contributed by atoms with Gasteiger partial charge in [0.25, 0.3) is 0 Å². The Labute approximate surface area is 96.0 Å². The fraction of sp³-hybridized carbons (Fsp3) is 0.462. The Morgan fingerprint density at radius 3 is 3.00 bits per heavy atom. The Morgan fingerprint density at radius 2 is 2.25 bits per heavy atom. The molecular formula is C13H17NO2. The van der Waals surface area contributed by atoms with E-state index in [9.17, 15) is 4.79 Å². The van der Waals surface area contributed by atoms with E-state index in [0.29, 0.717) is 13.0 Å². The predicted molar refractivity (Wildman–Crippen MR) is 63.8 cm³/mol. The number of para-hydroxylation sites is 2. The van der Waals surface area contributed by atoms with E-state index in [1.165, 1.54) is 0 Å². The van der Waals surface area contributed by atoms with Gasteiger partial charge in [-0.15, -0.1) is 0 Å². The largest absolute Gasteiger partial charge is 0.489 e. The van der Waals surface area contributed by atoms with Crippen molar-refractivity contribution in [3.05, 3.63) is 24.3 Å². The van der Waals surface area contributed by atoms with Crippen LogP contribution in [0.4, 0.5) is 5.69 Å². The molecule has 0 N–H and O–H groups in total. The van der Waals surface area contributed by atoms with E-state index in [2.05, 4.69) is 0 Å². The van der Waals surface area contributed by atoms with E-state index in [-0.39, 0.29) is 11.9 Å². The number of ether oxygens (including phenoxy) is 1. The number of amides is 1. The molecule has 0 aliphatic carbocycles. The van der Waals surface area contributed by atoms with Crippen LogP contribution in [0.1, 0.15) is 26.7 Å². The molecule has 1 amide bonds. The molecule has 2 rings (SSSR count). The first kappa shape index (κ1) is 11.0. The van der Waals surface area contributed by atoms with Gasteiger partial charge >= 0.3 is 0 Å². The van der Waals surface area contributed by atoms with Crippen LogP contribution in [0.25, 0.3) is 0 Å². The van der Waals surface area contributed by atoms with Crippen LogP contribution < -0.4 is 9.64 Å². The molecule has 16 heavy (non-hydrogen) atoms. The quantitative estimate of drug-likeness (QED) is 0.765. The maximum Gasteiger partial charge on any atom is 0.227 e.